The van der Waals surface area contributed by atoms with E-state index < -0.39 is 37.3 Å². The van der Waals surface area contributed by atoms with Crippen molar-refractivity contribution < 1.29 is 23.1 Å². The molecule has 1 aliphatic heterocycles. The van der Waals surface area contributed by atoms with Crippen LogP contribution in [0, 0.1) is 0 Å². The molecule has 0 aromatic rings. The van der Waals surface area contributed by atoms with Gasteiger partial charge in [-0.15, -0.1) is 0 Å². The van der Waals surface area contributed by atoms with Gasteiger partial charge in [-0.05, 0) is 58.9 Å². The topological polar surface area (TPSA) is 57.2 Å². The summed E-state index contributed by atoms with van der Waals surface area (Å²) in [4.78, 5) is 0. The summed E-state index contributed by atoms with van der Waals surface area (Å²) in [5, 5.41) is 10.3. The van der Waals surface area contributed by atoms with Crippen LogP contribution in [-0.2, 0) is 18.0 Å². The second-order valence-electron chi connectivity index (χ2n) is 8.88. The average Bonchev–Trinajstić information content (AvgIpc) is 2.49. The molecule has 1 heterocycles. The lowest BCUT2D eigenvalue weighted by molar-refractivity contribution is -0.128. The predicted molar refractivity (Wildman–Crippen MR) is 96.6 cm³/mol. The standard InChI is InChI=1S/C14H34O5Si3/c1-20(2,3)16-10-11-12(18-21(4,5)6)13(14(15)17-11)19-22(7,8)9/h11-15H,10H2,1-9H3/t11-,12-,13+,14?/m0/s1. The highest BCUT2D eigenvalue weighted by molar-refractivity contribution is 6.70. The van der Waals surface area contributed by atoms with Gasteiger partial charge in [0.25, 0.3) is 0 Å². The van der Waals surface area contributed by atoms with E-state index in [-0.39, 0.29) is 12.2 Å². The first-order valence-electron chi connectivity index (χ1n) is 8.01. The van der Waals surface area contributed by atoms with E-state index in [0.717, 1.165) is 0 Å². The van der Waals surface area contributed by atoms with Gasteiger partial charge in [-0.2, -0.15) is 0 Å². The third kappa shape index (κ3) is 7.35. The molecule has 0 aromatic carbocycles. The van der Waals surface area contributed by atoms with Crippen molar-refractivity contribution in [1.29, 1.82) is 0 Å². The Labute approximate surface area is 138 Å². The summed E-state index contributed by atoms with van der Waals surface area (Å²) in [6.07, 6.45) is -1.89. The quantitative estimate of drug-likeness (QED) is 0.702. The van der Waals surface area contributed by atoms with Crippen LogP contribution in [-0.4, -0.2) is 61.3 Å². The lowest BCUT2D eigenvalue weighted by atomic mass is 10.1. The van der Waals surface area contributed by atoms with Crippen molar-refractivity contribution in [2.24, 2.45) is 0 Å². The first kappa shape index (κ1) is 20.5. The number of hydrogen-bond acceptors (Lipinski definition) is 5. The number of aliphatic hydroxyl groups excluding tert-OH is 1. The molecule has 4 atom stereocenters. The molecule has 5 nitrogen and oxygen atoms in total. The molecule has 1 rings (SSSR count). The molecule has 0 amide bonds. The minimum absolute atomic E-state index is 0.259. The third-order valence-corrected chi connectivity index (χ3v) is 5.94. The van der Waals surface area contributed by atoms with Gasteiger partial charge in [0.05, 0.1) is 6.61 Å². The molecule has 0 saturated carbocycles. The first-order valence-corrected chi connectivity index (χ1v) is 18.2. The van der Waals surface area contributed by atoms with E-state index in [4.69, 9.17) is 18.0 Å². The van der Waals surface area contributed by atoms with E-state index >= 15 is 0 Å². The Balaban J connectivity index is 2.87. The van der Waals surface area contributed by atoms with E-state index in [1.807, 2.05) is 0 Å². The van der Waals surface area contributed by atoms with Crippen LogP contribution < -0.4 is 0 Å². The van der Waals surface area contributed by atoms with Crippen LogP contribution >= 0.6 is 0 Å². The molecule has 1 aliphatic rings. The van der Waals surface area contributed by atoms with Gasteiger partial charge in [-0.1, -0.05) is 0 Å². The zero-order valence-electron chi connectivity index (χ0n) is 15.6. The van der Waals surface area contributed by atoms with Gasteiger partial charge in [0, 0.05) is 0 Å². The average molecular weight is 367 g/mol. The minimum atomic E-state index is -1.81. The summed E-state index contributed by atoms with van der Waals surface area (Å²) in [5.74, 6) is 0. The molecule has 0 aromatic heterocycles. The fraction of sp³-hybridized carbons (Fsp3) is 1.00. The fourth-order valence-corrected chi connectivity index (χ4v) is 5.09. The van der Waals surface area contributed by atoms with Crippen molar-refractivity contribution in [2.75, 3.05) is 6.61 Å². The van der Waals surface area contributed by atoms with Crippen molar-refractivity contribution in [3.8, 4) is 0 Å². The SMILES string of the molecule is C[Si](C)(C)OC[C@@H]1OC(O)[C@H](O[Si](C)(C)C)[C@H]1O[Si](C)(C)C. The molecule has 1 fully saturated rings. The Hall–Kier alpha value is 0.451. The van der Waals surface area contributed by atoms with Crippen LogP contribution in [0.3, 0.4) is 0 Å². The lowest BCUT2D eigenvalue weighted by Gasteiger charge is -2.33. The summed E-state index contributed by atoms with van der Waals surface area (Å²) in [6.45, 7) is 19.6. The van der Waals surface area contributed by atoms with E-state index in [1.54, 1.807) is 0 Å². The Morgan fingerprint density at radius 2 is 1.23 bits per heavy atom. The molecule has 0 spiro atoms. The maximum absolute atomic E-state index is 10.3. The second kappa shape index (κ2) is 7.14. The maximum atomic E-state index is 10.3. The molecule has 0 bridgehead atoms. The van der Waals surface area contributed by atoms with Crippen LogP contribution in [0.2, 0.25) is 58.9 Å². The Morgan fingerprint density at radius 1 is 0.773 bits per heavy atom. The van der Waals surface area contributed by atoms with Crippen LogP contribution in [0.4, 0.5) is 0 Å². The summed E-state index contributed by atoms with van der Waals surface area (Å²) in [7, 11) is -5.23. The minimum Gasteiger partial charge on any atom is -0.415 e. The molecule has 0 radical (unpaired) electrons. The van der Waals surface area contributed by atoms with Crippen LogP contribution in [0.5, 0.6) is 0 Å². The number of rotatable bonds is 7. The first-order chi connectivity index (χ1) is 9.68. The molecular weight excluding hydrogens is 332 g/mol. The van der Waals surface area contributed by atoms with Crippen molar-refractivity contribution in [3.05, 3.63) is 0 Å². The Morgan fingerprint density at radius 3 is 1.64 bits per heavy atom. The normalized spacial score (nSPS) is 30.8. The second-order valence-corrected chi connectivity index (χ2v) is 22.3. The van der Waals surface area contributed by atoms with Crippen LogP contribution in [0.1, 0.15) is 0 Å². The Bertz CT molecular complexity index is 359. The van der Waals surface area contributed by atoms with E-state index in [0.29, 0.717) is 6.61 Å². The highest BCUT2D eigenvalue weighted by Crippen LogP contribution is 2.30. The molecule has 1 unspecified atom stereocenters. The summed E-state index contributed by atoms with van der Waals surface area (Å²) < 4.78 is 24.1. The largest absolute Gasteiger partial charge is 0.415 e. The number of ether oxygens (including phenoxy) is 1. The van der Waals surface area contributed by atoms with Gasteiger partial charge in [0.15, 0.2) is 31.2 Å². The summed E-state index contributed by atoms with van der Waals surface area (Å²) >= 11 is 0. The number of hydrogen-bond donors (Lipinski definition) is 1. The third-order valence-electron chi connectivity index (χ3n) is 2.95. The van der Waals surface area contributed by atoms with Crippen LogP contribution in [0.15, 0.2) is 0 Å². The number of aliphatic hydroxyl groups is 1. The molecule has 22 heavy (non-hydrogen) atoms. The molecule has 1 saturated heterocycles. The molecular formula is C14H34O5Si3. The summed E-state index contributed by atoms with van der Waals surface area (Å²) in [6, 6.07) is 0. The maximum Gasteiger partial charge on any atom is 0.184 e. The zero-order valence-corrected chi connectivity index (χ0v) is 18.6. The van der Waals surface area contributed by atoms with Gasteiger partial charge in [-0.3, -0.25) is 0 Å². The molecule has 0 aliphatic carbocycles. The molecule has 132 valence electrons. The van der Waals surface area contributed by atoms with Crippen molar-refractivity contribution in [2.45, 2.75) is 83.5 Å². The predicted octanol–water partition coefficient (Wildman–Crippen LogP) is 3.00. The van der Waals surface area contributed by atoms with Gasteiger partial charge < -0.3 is 23.1 Å². The van der Waals surface area contributed by atoms with Crippen LogP contribution in [0.25, 0.3) is 0 Å². The van der Waals surface area contributed by atoms with E-state index in [9.17, 15) is 5.11 Å². The van der Waals surface area contributed by atoms with Gasteiger partial charge >= 0.3 is 0 Å². The lowest BCUT2D eigenvalue weighted by Crippen LogP contribution is -2.49. The van der Waals surface area contributed by atoms with Crippen molar-refractivity contribution in [1.82, 2.24) is 0 Å². The van der Waals surface area contributed by atoms with Crippen molar-refractivity contribution >= 4 is 25.0 Å². The van der Waals surface area contributed by atoms with E-state index in [2.05, 4.69) is 58.9 Å². The van der Waals surface area contributed by atoms with E-state index in [1.165, 1.54) is 0 Å². The van der Waals surface area contributed by atoms with Gasteiger partial charge in [0.2, 0.25) is 0 Å². The zero-order chi connectivity index (χ0) is 17.3. The van der Waals surface area contributed by atoms with Gasteiger partial charge in [-0.25, -0.2) is 0 Å². The molecule has 8 heteroatoms. The van der Waals surface area contributed by atoms with Gasteiger partial charge in [0.1, 0.15) is 18.3 Å². The highest BCUT2D eigenvalue weighted by atomic mass is 28.4. The Kier molecular flexibility index (Phi) is 6.65. The highest BCUT2D eigenvalue weighted by Gasteiger charge is 2.48. The fourth-order valence-electron chi connectivity index (χ4n) is 2.26. The summed E-state index contributed by atoms with van der Waals surface area (Å²) in [5.41, 5.74) is 0. The smallest absolute Gasteiger partial charge is 0.184 e. The molecule has 1 N–H and O–H groups in total. The van der Waals surface area contributed by atoms with Crippen molar-refractivity contribution in [3.63, 3.8) is 0 Å². The monoisotopic (exact) mass is 366 g/mol.